The molecule has 0 amide bonds. The largest absolute Gasteiger partial charge is 0.372 e. The minimum absolute atomic E-state index is 0.0136. The van der Waals surface area contributed by atoms with Crippen LogP contribution in [0.25, 0.3) is 0 Å². The summed E-state index contributed by atoms with van der Waals surface area (Å²) < 4.78 is 13.2. The average Bonchev–Trinajstić information content (AvgIpc) is 3.45. The Morgan fingerprint density at radius 3 is 2.27 bits per heavy atom. The van der Waals surface area contributed by atoms with Crippen LogP contribution in [0.15, 0.2) is 84.9 Å². The summed E-state index contributed by atoms with van der Waals surface area (Å²) in [5.74, 6) is 0.547. The number of hydrogen-bond acceptors (Lipinski definition) is 2. The predicted molar refractivity (Wildman–Crippen MR) is 120 cm³/mol. The van der Waals surface area contributed by atoms with Crippen molar-refractivity contribution in [1.29, 1.82) is 0 Å². The minimum atomic E-state index is -0.335. The fourth-order valence-corrected chi connectivity index (χ4v) is 5.45. The van der Waals surface area contributed by atoms with Crippen LogP contribution in [0.2, 0.25) is 0 Å². The molecule has 3 aromatic carbocycles. The molecule has 0 spiro atoms. The van der Waals surface area contributed by atoms with Crippen LogP contribution < -0.4 is 0 Å². The van der Waals surface area contributed by atoms with E-state index in [2.05, 4.69) is 98.8 Å². The van der Waals surface area contributed by atoms with Gasteiger partial charge in [0.2, 0.25) is 0 Å². The Morgan fingerprint density at radius 1 is 0.933 bits per heavy atom. The van der Waals surface area contributed by atoms with Gasteiger partial charge in [-0.15, -0.1) is 0 Å². The fraction of sp³-hybridized carbons (Fsp3) is 0.357. The first-order chi connectivity index (χ1) is 14.6. The highest BCUT2D eigenvalue weighted by Gasteiger charge is 2.74. The molecule has 1 saturated carbocycles. The van der Waals surface area contributed by atoms with Gasteiger partial charge < -0.3 is 9.47 Å². The van der Waals surface area contributed by atoms with Crippen LogP contribution in [0.5, 0.6) is 0 Å². The van der Waals surface area contributed by atoms with E-state index in [0.29, 0.717) is 12.5 Å². The first kappa shape index (κ1) is 19.5. The third-order valence-electron chi connectivity index (χ3n) is 7.30. The molecule has 0 bridgehead atoms. The second-order valence-corrected chi connectivity index (χ2v) is 9.05. The zero-order valence-corrected chi connectivity index (χ0v) is 17.9. The van der Waals surface area contributed by atoms with E-state index in [-0.39, 0.29) is 17.1 Å². The first-order valence-corrected chi connectivity index (χ1v) is 11.0. The van der Waals surface area contributed by atoms with Crippen LogP contribution in [0.4, 0.5) is 0 Å². The van der Waals surface area contributed by atoms with Crippen LogP contribution >= 0.6 is 0 Å². The minimum Gasteiger partial charge on any atom is -0.372 e. The molecule has 2 fully saturated rings. The molecule has 3 aromatic rings. The fourth-order valence-electron chi connectivity index (χ4n) is 5.45. The SMILES string of the molecule is Cc1ccc([C@@]2(C)OC[C@H]3C[C@]32[C@H](OCCc2ccccc2)c2ccccc2)cc1. The van der Waals surface area contributed by atoms with Crippen molar-refractivity contribution < 1.29 is 9.47 Å². The van der Waals surface area contributed by atoms with Gasteiger partial charge in [-0.25, -0.2) is 0 Å². The zero-order chi connectivity index (χ0) is 20.6. The Kier molecular flexibility index (Phi) is 5.00. The van der Waals surface area contributed by atoms with Gasteiger partial charge in [0.05, 0.1) is 24.9 Å². The maximum atomic E-state index is 6.72. The molecule has 0 radical (unpaired) electrons. The summed E-state index contributed by atoms with van der Waals surface area (Å²) in [6.45, 7) is 5.94. The standard InChI is InChI=1S/C28H30O2/c1-21-13-15-24(16-14-21)27(2)28(19-25(28)20-30-27)26(23-11-7-4-8-12-23)29-18-17-22-9-5-3-6-10-22/h3-16,25-26H,17-20H2,1-2H3/t25-,26-,27-,28-/m1/s1. The van der Waals surface area contributed by atoms with Gasteiger partial charge in [-0.2, -0.15) is 0 Å². The van der Waals surface area contributed by atoms with Crippen LogP contribution in [-0.4, -0.2) is 13.2 Å². The van der Waals surface area contributed by atoms with Crippen molar-refractivity contribution in [2.45, 2.75) is 38.4 Å². The second kappa shape index (κ2) is 7.68. The summed E-state index contributed by atoms with van der Waals surface area (Å²) >= 11 is 0. The highest BCUT2D eigenvalue weighted by molar-refractivity contribution is 5.37. The van der Waals surface area contributed by atoms with Gasteiger partial charge >= 0.3 is 0 Å². The summed E-state index contributed by atoms with van der Waals surface area (Å²) in [5, 5.41) is 0. The average molecular weight is 399 g/mol. The van der Waals surface area contributed by atoms with Crippen molar-refractivity contribution in [3.05, 3.63) is 107 Å². The van der Waals surface area contributed by atoms with Crippen molar-refractivity contribution in [2.75, 3.05) is 13.2 Å². The smallest absolute Gasteiger partial charge is 0.0991 e. The van der Waals surface area contributed by atoms with Crippen molar-refractivity contribution in [3.63, 3.8) is 0 Å². The van der Waals surface area contributed by atoms with Crippen molar-refractivity contribution in [3.8, 4) is 0 Å². The summed E-state index contributed by atoms with van der Waals surface area (Å²) in [4.78, 5) is 0. The Morgan fingerprint density at radius 2 is 1.60 bits per heavy atom. The highest BCUT2D eigenvalue weighted by atomic mass is 16.5. The van der Waals surface area contributed by atoms with E-state index in [1.807, 2.05) is 0 Å². The maximum Gasteiger partial charge on any atom is 0.0991 e. The van der Waals surface area contributed by atoms with Crippen molar-refractivity contribution in [2.24, 2.45) is 11.3 Å². The third kappa shape index (κ3) is 3.19. The molecule has 2 heteroatoms. The van der Waals surface area contributed by atoms with Crippen LogP contribution in [-0.2, 0) is 21.5 Å². The van der Waals surface area contributed by atoms with Crippen molar-refractivity contribution >= 4 is 0 Å². The lowest BCUT2D eigenvalue weighted by Gasteiger charge is -2.40. The van der Waals surface area contributed by atoms with Gasteiger partial charge in [-0.1, -0.05) is 90.5 Å². The maximum absolute atomic E-state index is 6.72. The van der Waals surface area contributed by atoms with Gasteiger partial charge in [0, 0.05) is 5.41 Å². The third-order valence-corrected chi connectivity index (χ3v) is 7.30. The summed E-state index contributed by atoms with van der Waals surface area (Å²) in [5.41, 5.74) is 4.77. The molecule has 1 saturated heterocycles. The predicted octanol–water partition coefficient (Wildman–Crippen LogP) is 6.25. The van der Waals surface area contributed by atoms with E-state index in [0.717, 1.165) is 19.4 Å². The lowest BCUT2D eigenvalue weighted by Crippen LogP contribution is -2.38. The molecular formula is C28H30O2. The van der Waals surface area contributed by atoms with Gasteiger partial charge in [0.15, 0.2) is 0 Å². The van der Waals surface area contributed by atoms with E-state index in [1.165, 1.54) is 22.3 Å². The van der Waals surface area contributed by atoms with Gasteiger partial charge in [0.25, 0.3) is 0 Å². The topological polar surface area (TPSA) is 18.5 Å². The van der Waals surface area contributed by atoms with Crippen LogP contribution in [0.1, 0.15) is 41.7 Å². The van der Waals surface area contributed by atoms with E-state index < -0.39 is 0 Å². The number of benzene rings is 3. The van der Waals surface area contributed by atoms with E-state index >= 15 is 0 Å². The zero-order valence-electron chi connectivity index (χ0n) is 17.9. The molecule has 30 heavy (non-hydrogen) atoms. The second-order valence-electron chi connectivity index (χ2n) is 9.05. The molecule has 1 aliphatic carbocycles. The molecule has 4 atom stereocenters. The summed E-state index contributed by atoms with van der Waals surface area (Å²) in [7, 11) is 0. The Bertz CT molecular complexity index is 982. The molecule has 2 aliphatic rings. The van der Waals surface area contributed by atoms with Crippen LogP contribution in [0.3, 0.4) is 0 Å². The number of aryl methyl sites for hydroxylation is 1. The quantitative estimate of drug-likeness (QED) is 0.468. The van der Waals surface area contributed by atoms with Gasteiger partial charge in [-0.3, -0.25) is 0 Å². The van der Waals surface area contributed by atoms with Crippen molar-refractivity contribution in [1.82, 2.24) is 0 Å². The van der Waals surface area contributed by atoms with Gasteiger partial charge in [-0.05, 0) is 49.3 Å². The molecule has 5 rings (SSSR count). The molecule has 0 N–H and O–H groups in total. The highest BCUT2D eigenvalue weighted by Crippen LogP contribution is 2.74. The van der Waals surface area contributed by atoms with Gasteiger partial charge in [0.1, 0.15) is 0 Å². The first-order valence-electron chi connectivity index (χ1n) is 11.0. The molecule has 0 aromatic heterocycles. The monoisotopic (exact) mass is 398 g/mol. The summed E-state index contributed by atoms with van der Waals surface area (Å²) in [6.07, 6.45) is 2.11. The van der Waals surface area contributed by atoms with E-state index in [9.17, 15) is 0 Å². The normalized spacial score (nSPS) is 28.1. The Labute approximate surface area is 179 Å². The van der Waals surface area contributed by atoms with Crippen LogP contribution in [0, 0.1) is 18.3 Å². The number of hydrogen-bond donors (Lipinski definition) is 0. The molecule has 1 heterocycles. The molecule has 1 aliphatic heterocycles. The lowest BCUT2D eigenvalue weighted by atomic mass is 9.74. The molecule has 0 unspecified atom stereocenters. The molecule has 154 valence electrons. The van der Waals surface area contributed by atoms with E-state index in [4.69, 9.17) is 9.47 Å². The lowest BCUT2D eigenvalue weighted by molar-refractivity contribution is -0.108. The summed E-state index contributed by atoms with van der Waals surface area (Å²) in [6, 6.07) is 30.2. The number of fused-ring (bicyclic) bond motifs is 1. The molecule has 2 nitrogen and oxygen atoms in total. The number of ether oxygens (including phenoxy) is 2. The Balaban J connectivity index is 1.46. The Hall–Kier alpha value is -2.42. The molecular weight excluding hydrogens is 368 g/mol. The van der Waals surface area contributed by atoms with E-state index in [1.54, 1.807) is 0 Å². The number of rotatable bonds is 7.